The highest BCUT2D eigenvalue weighted by atomic mass is 19.1. The molecule has 3 aliphatic rings. The van der Waals surface area contributed by atoms with E-state index < -0.39 is 17.8 Å². The van der Waals surface area contributed by atoms with Crippen LogP contribution in [0.25, 0.3) is 5.69 Å². The number of nitriles is 1. The lowest BCUT2D eigenvalue weighted by Gasteiger charge is -2.29. The van der Waals surface area contributed by atoms with Crippen molar-refractivity contribution < 1.29 is 23.5 Å². The Kier molecular flexibility index (Phi) is 6.32. The van der Waals surface area contributed by atoms with Crippen molar-refractivity contribution in [1.82, 2.24) is 24.9 Å². The number of imide groups is 1. The van der Waals surface area contributed by atoms with Gasteiger partial charge < -0.3 is 9.64 Å². The average molecular weight is 529 g/mol. The van der Waals surface area contributed by atoms with E-state index in [1.807, 2.05) is 18.3 Å². The molecule has 0 aliphatic carbocycles. The monoisotopic (exact) mass is 528 g/mol. The minimum absolute atomic E-state index is 0.0169. The molecular formula is C28H25FN6O4. The number of nitrogens with zero attached hydrogens (tertiary/aromatic N) is 5. The Morgan fingerprint density at radius 3 is 2.85 bits per heavy atom. The van der Waals surface area contributed by atoms with Crippen LogP contribution in [-0.4, -0.2) is 62.5 Å². The quantitative estimate of drug-likeness (QED) is 0.488. The summed E-state index contributed by atoms with van der Waals surface area (Å²) >= 11 is 0. The van der Waals surface area contributed by atoms with Crippen LogP contribution in [0.2, 0.25) is 0 Å². The molecule has 198 valence electrons. The first-order chi connectivity index (χ1) is 18.9. The first-order valence-corrected chi connectivity index (χ1v) is 12.8. The van der Waals surface area contributed by atoms with Crippen LogP contribution in [0.15, 0.2) is 48.8 Å². The topological polar surface area (TPSA) is 121 Å². The zero-order valence-corrected chi connectivity index (χ0v) is 21.0. The number of piperidine rings is 1. The smallest absolute Gasteiger partial charge is 0.255 e. The number of hydrogen-bond acceptors (Lipinski definition) is 7. The van der Waals surface area contributed by atoms with Crippen molar-refractivity contribution in [2.24, 2.45) is 0 Å². The van der Waals surface area contributed by atoms with E-state index >= 15 is 0 Å². The number of ether oxygens (including phenoxy) is 1. The summed E-state index contributed by atoms with van der Waals surface area (Å²) in [5.74, 6) is -0.819. The number of amides is 3. The molecule has 0 spiro atoms. The number of rotatable bonds is 6. The van der Waals surface area contributed by atoms with Crippen molar-refractivity contribution in [2.75, 3.05) is 13.1 Å². The molecule has 0 saturated carbocycles. The summed E-state index contributed by atoms with van der Waals surface area (Å²) < 4.78 is 21.5. The van der Waals surface area contributed by atoms with E-state index in [2.05, 4.69) is 15.3 Å². The lowest BCUT2D eigenvalue weighted by atomic mass is 10.0. The Balaban J connectivity index is 1.06. The molecule has 1 aromatic heterocycles. The number of likely N-dealkylation sites (tertiary alicyclic amines) is 1. The van der Waals surface area contributed by atoms with E-state index in [1.165, 1.54) is 17.0 Å². The standard InChI is InChI=1S/C28H25FN6O4/c29-24-4-1-20(9-18(24)11-30)35-14-17(12-31-35)13-33-8-7-22(16-33)39-21-2-3-23-19(10-21)15-34(28(23)38)25-5-6-26(36)32-27(25)37/h1-4,9-10,12,14,22,25H,5-8,13,15-16H2,(H,32,36,37)/t22-,25?/m0/s1. The summed E-state index contributed by atoms with van der Waals surface area (Å²) in [5.41, 5.74) is 2.95. The largest absolute Gasteiger partial charge is 0.489 e. The van der Waals surface area contributed by atoms with E-state index in [0.717, 1.165) is 30.6 Å². The number of carbonyl (C=O) groups is 3. The van der Waals surface area contributed by atoms with Gasteiger partial charge in [0.05, 0.1) is 17.4 Å². The molecule has 2 atom stereocenters. The molecule has 39 heavy (non-hydrogen) atoms. The van der Waals surface area contributed by atoms with Gasteiger partial charge in [0.25, 0.3) is 5.91 Å². The summed E-state index contributed by atoms with van der Waals surface area (Å²) in [6, 6.07) is 10.9. The fraction of sp³-hybridized carbons (Fsp3) is 0.321. The highest BCUT2D eigenvalue weighted by molar-refractivity contribution is 6.05. The molecule has 3 amide bonds. The highest BCUT2D eigenvalue weighted by Gasteiger charge is 2.39. The first kappa shape index (κ1) is 24.8. The molecule has 3 aromatic rings. The van der Waals surface area contributed by atoms with Gasteiger partial charge in [0.15, 0.2) is 0 Å². The van der Waals surface area contributed by atoms with Gasteiger partial charge in [-0.3, -0.25) is 24.6 Å². The van der Waals surface area contributed by atoms with E-state index in [9.17, 15) is 18.8 Å². The second-order valence-corrected chi connectivity index (χ2v) is 10.1. The van der Waals surface area contributed by atoms with Crippen LogP contribution in [0.3, 0.4) is 0 Å². The van der Waals surface area contributed by atoms with Crippen LogP contribution in [0.1, 0.15) is 46.3 Å². The van der Waals surface area contributed by atoms with E-state index in [4.69, 9.17) is 10.00 Å². The predicted octanol–water partition coefficient (Wildman–Crippen LogP) is 2.30. The van der Waals surface area contributed by atoms with Crippen molar-refractivity contribution in [2.45, 2.75) is 44.5 Å². The highest BCUT2D eigenvalue weighted by Crippen LogP contribution is 2.31. The normalized spacial score (nSPS) is 21.1. The minimum atomic E-state index is -0.642. The summed E-state index contributed by atoms with van der Waals surface area (Å²) in [6.45, 7) is 2.55. The molecule has 11 heteroatoms. The number of carbonyl (C=O) groups excluding carboxylic acids is 3. The van der Waals surface area contributed by atoms with Crippen LogP contribution < -0.4 is 10.1 Å². The van der Waals surface area contributed by atoms with Crippen LogP contribution in [0, 0.1) is 17.1 Å². The lowest BCUT2D eigenvalue weighted by molar-refractivity contribution is -0.136. The van der Waals surface area contributed by atoms with Crippen LogP contribution >= 0.6 is 0 Å². The number of nitrogens with one attached hydrogen (secondary N) is 1. The maximum absolute atomic E-state index is 13.6. The molecule has 1 unspecified atom stereocenters. The van der Waals surface area contributed by atoms with Gasteiger partial charge in [-0.1, -0.05) is 0 Å². The molecule has 1 N–H and O–H groups in total. The van der Waals surface area contributed by atoms with E-state index in [0.29, 0.717) is 36.5 Å². The molecule has 4 heterocycles. The van der Waals surface area contributed by atoms with Gasteiger partial charge in [0.1, 0.15) is 29.8 Å². The van der Waals surface area contributed by atoms with Crippen molar-refractivity contribution >= 4 is 17.7 Å². The molecular weight excluding hydrogens is 503 g/mol. The molecule has 0 bridgehead atoms. The Labute approximate surface area is 223 Å². The average Bonchev–Trinajstić information content (AvgIpc) is 3.64. The molecule has 6 rings (SSSR count). The predicted molar refractivity (Wildman–Crippen MR) is 135 cm³/mol. The molecule has 2 saturated heterocycles. The number of aromatic nitrogens is 2. The molecule has 2 fully saturated rings. The van der Waals surface area contributed by atoms with Crippen molar-refractivity contribution in [3.63, 3.8) is 0 Å². The second-order valence-electron chi connectivity index (χ2n) is 10.1. The number of fused-ring (bicyclic) bond motifs is 1. The van der Waals surface area contributed by atoms with Gasteiger partial charge in [0, 0.05) is 49.9 Å². The zero-order valence-electron chi connectivity index (χ0n) is 21.0. The number of benzene rings is 2. The van der Waals surface area contributed by atoms with Gasteiger partial charge >= 0.3 is 0 Å². The lowest BCUT2D eigenvalue weighted by Crippen LogP contribution is -2.52. The third-order valence-corrected chi connectivity index (χ3v) is 7.40. The summed E-state index contributed by atoms with van der Waals surface area (Å²) in [6.07, 6.45) is 5.00. The maximum Gasteiger partial charge on any atom is 0.255 e. The van der Waals surface area contributed by atoms with Gasteiger partial charge in [-0.15, -0.1) is 0 Å². The van der Waals surface area contributed by atoms with Gasteiger partial charge in [0.2, 0.25) is 11.8 Å². The fourth-order valence-electron chi connectivity index (χ4n) is 5.44. The number of halogens is 1. The van der Waals surface area contributed by atoms with Crippen LogP contribution in [0.4, 0.5) is 4.39 Å². The van der Waals surface area contributed by atoms with Crippen molar-refractivity contribution in [3.05, 3.63) is 76.9 Å². The minimum Gasteiger partial charge on any atom is -0.489 e. The summed E-state index contributed by atoms with van der Waals surface area (Å²) in [5, 5.41) is 15.8. The Bertz CT molecular complexity index is 1530. The van der Waals surface area contributed by atoms with E-state index in [-0.39, 0.29) is 29.9 Å². The molecule has 10 nitrogen and oxygen atoms in total. The zero-order chi connectivity index (χ0) is 27.1. The third-order valence-electron chi connectivity index (χ3n) is 7.40. The molecule has 2 aromatic carbocycles. The Morgan fingerprint density at radius 1 is 1.15 bits per heavy atom. The number of hydrogen-bond donors (Lipinski definition) is 1. The molecule has 0 radical (unpaired) electrons. The SMILES string of the molecule is N#Cc1cc(-n2cc(CN3CC[C@H](Oc4ccc5c(c4)CN(C4CCC(=O)NC4=O)C5=O)C3)cn2)ccc1F. The van der Waals surface area contributed by atoms with Gasteiger partial charge in [-0.2, -0.15) is 10.4 Å². The van der Waals surface area contributed by atoms with Gasteiger partial charge in [-0.25, -0.2) is 9.07 Å². The van der Waals surface area contributed by atoms with Crippen molar-refractivity contribution in [1.29, 1.82) is 5.26 Å². The summed E-state index contributed by atoms with van der Waals surface area (Å²) in [4.78, 5) is 40.5. The fourth-order valence-corrected chi connectivity index (χ4v) is 5.44. The third kappa shape index (κ3) is 4.86. The van der Waals surface area contributed by atoms with Crippen molar-refractivity contribution in [3.8, 4) is 17.5 Å². The molecule has 3 aliphatic heterocycles. The van der Waals surface area contributed by atoms with Gasteiger partial charge in [-0.05, 0) is 54.8 Å². The second kappa shape index (κ2) is 9.96. The van der Waals surface area contributed by atoms with Crippen LogP contribution in [-0.2, 0) is 22.7 Å². The summed E-state index contributed by atoms with van der Waals surface area (Å²) in [7, 11) is 0. The van der Waals surface area contributed by atoms with Crippen LogP contribution in [0.5, 0.6) is 5.75 Å². The Hall–Kier alpha value is -4.56. The maximum atomic E-state index is 13.6. The van der Waals surface area contributed by atoms with E-state index in [1.54, 1.807) is 29.1 Å². The first-order valence-electron chi connectivity index (χ1n) is 12.8. The Morgan fingerprint density at radius 2 is 2.03 bits per heavy atom.